The minimum absolute atomic E-state index is 0. The largest absolute Gasteiger partial charge is 0.456 e. The molecule has 0 saturated heterocycles. The number of nitrogens with zero attached hydrogens (tertiary/aromatic N) is 2. The molecule has 0 atom stereocenters. The number of benzene rings is 2. The second kappa shape index (κ2) is 10.3. The molecule has 0 bridgehead atoms. The molecule has 0 aliphatic carbocycles. The molecule has 3 rings (SSSR count). The highest BCUT2D eigenvalue weighted by Crippen LogP contribution is 2.35. The Morgan fingerprint density at radius 3 is 1.34 bits per heavy atom. The number of halogens is 4. The van der Waals surface area contributed by atoms with Crippen molar-refractivity contribution in [1.82, 2.24) is 0 Å². The molecule has 2 aromatic carbocycles. The van der Waals surface area contributed by atoms with Crippen LogP contribution in [0.2, 0.25) is 10.0 Å². The van der Waals surface area contributed by atoms with E-state index in [1.807, 2.05) is 24.3 Å². The van der Waals surface area contributed by atoms with E-state index in [1.165, 1.54) is 0 Å². The van der Waals surface area contributed by atoms with Crippen LogP contribution in [-0.4, -0.2) is 11.9 Å². The third kappa shape index (κ3) is 5.95. The summed E-state index contributed by atoms with van der Waals surface area (Å²) in [6, 6.07) is 14.1. The Bertz CT molecular complexity index is 974. The number of hydrogen-bond donors (Lipinski definition) is 4. The van der Waals surface area contributed by atoms with Gasteiger partial charge >= 0.3 is 0 Å². The number of rotatable bonds is 4. The van der Waals surface area contributed by atoms with E-state index >= 15 is 0 Å². The summed E-state index contributed by atoms with van der Waals surface area (Å²) in [6.45, 7) is 0. The van der Waals surface area contributed by atoms with Crippen molar-refractivity contribution in [2.45, 2.75) is 0 Å². The highest BCUT2D eigenvalue weighted by Gasteiger charge is 2.11. The molecule has 0 aliphatic rings. The van der Waals surface area contributed by atoms with Crippen LogP contribution < -0.4 is 22.9 Å². The maximum Gasteiger partial charge on any atom is 0.191 e. The zero-order chi connectivity index (χ0) is 19.6. The number of aliphatic imine (C=N–C) groups is 2. The van der Waals surface area contributed by atoms with Crippen LogP contribution in [0.25, 0.3) is 22.6 Å². The monoisotopic (exact) mass is 474 g/mol. The Kier molecular flexibility index (Phi) is 8.66. The third-order valence-corrected chi connectivity index (χ3v) is 4.17. The van der Waals surface area contributed by atoms with Gasteiger partial charge in [0.15, 0.2) is 11.9 Å². The molecule has 29 heavy (non-hydrogen) atoms. The fourth-order valence-electron chi connectivity index (χ4n) is 2.43. The van der Waals surface area contributed by atoms with E-state index < -0.39 is 0 Å². The van der Waals surface area contributed by atoms with Crippen molar-refractivity contribution in [2.75, 3.05) is 0 Å². The van der Waals surface area contributed by atoms with Gasteiger partial charge in [0.1, 0.15) is 11.5 Å². The van der Waals surface area contributed by atoms with Crippen molar-refractivity contribution in [2.24, 2.45) is 32.9 Å². The SMILES string of the molecule is Cl.Cl.NC(N)=Nc1ccc(-c2ccc(-c3ccc(N=C(N)N)c(Cl)c3)o2)cc1Cl. The van der Waals surface area contributed by atoms with Crippen LogP contribution in [0.5, 0.6) is 0 Å². The molecule has 0 aliphatic heterocycles. The summed E-state index contributed by atoms with van der Waals surface area (Å²) in [6.07, 6.45) is 0. The molecule has 0 fully saturated rings. The summed E-state index contributed by atoms with van der Waals surface area (Å²) >= 11 is 12.4. The van der Waals surface area contributed by atoms with Crippen LogP contribution in [0, 0.1) is 0 Å². The molecule has 0 radical (unpaired) electrons. The Balaban J connectivity index is 0.00000210. The lowest BCUT2D eigenvalue weighted by molar-refractivity contribution is 0.597. The fraction of sp³-hybridized carbons (Fsp3) is 0. The van der Waals surface area contributed by atoms with Gasteiger partial charge in [-0.2, -0.15) is 0 Å². The standard InChI is InChI=1S/C18H16Cl2N6O.2ClH/c19-11-7-9(1-3-13(11)25-17(21)22)15-5-6-16(27-15)10-2-4-14(12(20)8-10)26-18(23)24;;/h1-8H,(H4,21,22,25)(H4,23,24,26);2*1H. The molecule has 1 heterocycles. The second-order valence-electron chi connectivity index (χ2n) is 5.57. The third-order valence-electron chi connectivity index (χ3n) is 3.57. The molecule has 0 amide bonds. The van der Waals surface area contributed by atoms with Crippen LogP contribution in [0.3, 0.4) is 0 Å². The quantitative estimate of drug-likeness (QED) is 0.322. The summed E-state index contributed by atoms with van der Waals surface area (Å²) in [4.78, 5) is 7.90. The number of nitrogens with two attached hydrogens (primary N) is 4. The zero-order valence-corrected chi connectivity index (χ0v) is 17.9. The summed E-state index contributed by atoms with van der Waals surface area (Å²) in [5.74, 6) is 1.14. The number of guanidine groups is 2. The lowest BCUT2D eigenvalue weighted by Gasteiger charge is -2.04. The number of hydrogen-bond acceptors (Lipinski definition) is 3. The molecule has 0 spiro atoms. The van der Waals surface area contributed by atoms with Gasteiger partial charge in [-0.05, 0) is 48.5 Å². The molecule has 0 unspecified atom stereocenters. The van der Waals surface area contributed by atoms with E-state index in [9.17, 15) is 0 Å². The lowest BCUT2D eigenvalue weighted by atomic mass is 10.1. The van der Waals surface area contributed by atoms with E-state index in [0.717, 1.165) is 11.1 Å². The Morgan fingerprint density at radius 1 is 0.655 bits per heavy atom. The van der Waals surface area contributed by atoms with Crippen LogP contribution in [0.15, 0.2) is 62.9 Å². The van der Waals surface area contributed by atoms with Crippen molar-refractivity contribution in [3.63, 3.8) is 0 Å². The van der Waals surface area contributed by atoms with Crippen molar-refractivity contribution in [3.05, 3.63) is 58.6 Å². The molecule has 154 valence electrons. The van der Waals surface area contributed by atoms with Crippen molar-refractivity contribution in [1.29, 1.82) is 0 Å². The van der Waals surface area contributed by atoms with E-state index in [1.54, 1.807) is 24.3 Å². The average molecular weight is 476 g/mol. The van der Waals surface area contributed by atoms with E-state index in [0.29, 0.717) is 32.9 Å². The van der Waals surface area contributed by atoms with E-state index in [4.69, 9.17) is 50.6 Å². The van der Waals surface area contributed by atoms with Crippen LogP contribution >= 0.6 is 48.0 Å². The van der Waals surface area contributed by atoms with Gasteiger partial charge in [-0.15, -0.1) is 24.8 Å². The maximum absolute atomic E-state index is 6.22. The Morgan fingerprint density at radius 2 is 1.03 bits per heavy atom. The molecule has 8 N–H and O–H groups in total. The second-order valence-corrected chi connectivity index (χ2v) is 6.38. The molecule has 3 aromatic rings. The van der Waals surface area contributed by atoms with Gasteiger partial charge in [0.25, 0.3) is 0 Å². The topological polar surface area (TPSA) is 142 Å². The van der Waals surface area contributed by atoms with Gasteiger partial charge in [0, 0.05) is 11.1 Å². The van der Waals surface area contributed by atoms with Gasteiger partial charge in [0.05, 0.1) is 21.4 Å². The zero-order valence-electron chi connectivity index (χ0n) is 14.8. The smallest absolute Gasteiger partial charge is 0.191 e. The van der Waals surface area contributed by atoms with E-state index in [2.05, 4.69) is 9.98 Å². The predicted octanol–water partition coefficient (Wildman–Crippen LogP) is 4.57. The average Bonchev–Trinajstić information content (AvgIpc) is 3.08. The van der Waals surface area contributed by atoms with E-state index in [-0.39, 0.29) is 36.7 Å². The summed E-state index contributed by atoms with van der Waals surface area (Å²) in [5, 5.41) is 0.812. The first-order valence-corrected chi connectivity index (χ1v) is 8.48. The van der Waals surface area contributed by atoms with Crippen molar-refractivity contribution < 1.29 is 4.42 Å². The fourth-order valence-corrected chi connectivity index (χ4v) is 2.87. The van der Waals surface area contributed by atoms with Crippen LogP contribution in [-0.2, 0) is 0 Å². The van der Waals surface area contributed by atoms with Crippen molar-refractivity contribution >= 4 is 71.3 Å². The summed E-state index contributed by atoms with van der Waals surface area (Å²) in [5.41, 5.74) is 24.0. The highest BCUT2D eigenvalue weighted by atomic mass is 35.5. The van der Waals surface area contributed by atoms with Gasteiger partial charge < -0.3 is 27.4 Å². The summed E-state index contributed by atoms with van der Waals surface area (Å²) in [7, 11) is 0. The van der Waals surface area contributed by atoms with Gasteiger partial charge in [0.2, 0.25) is 0 Å². The van der Waals surface area contributed by atoms with Crippen LogP contribution in [0.1, 0.15) is 0 Å². The summed E-state index contributed by atoms with van der Waals surface area (Å²) < 4.78 is 5.92. The molecular formula is C18H18Cl4N6O. The first kappa shape index (κ1) is 24.5. The molecule has 1 aromatic heterocycles. The first-order chi connectivity index (χ1) is 12.8. The first-order valence-electron chi connectivity index (χ1n) is 7.72. The maximum atomic E-state index is 6.22. The highest BCUT2D eigenvalue weighted by molar-refractivity contribution is 6.33. The molecule has 0 saturated carbocycles. The number of furan rings is 1. The van der Waals surface area contributed by atoms with Crippen molar-refractivity contribution in [3.8, 4) is 22.6 Å². The van der Waals surface area contributed by atoms with Gasteiger partial charge in [-0.3, -0.25) is 0 Å². The lowest BCUT2D eigenvalue weighted by Crippen LogP contribution is -2.21. The Hall–Kier alpha value is -2.58. The predicted molar refractivity (Wildman–Crippen MR) is 125 cm³/mol. The van der Waals surface area contributed by atoms with Gasteiger partial charge in [-0.25, -0.2) is 9.98 Å². The molecular weight excluding hydrogens is 458 g/mol. The van der Waals surface area contributed by atoms with Crippen LogP contribution in [0.4, 0.5) is 11.4 Å². The molecule has 7 nitrogen and oxygen atoms in total. The minimum Gasteiger partial charge on any atom is -0.456 e. The normalized spacial score (nSPS) is 9.72. The Labute approximate surface area is 189 Å². The minimum atomic E-state index is -0.0639. The molecule has 11 heteroatoms. The van der Waals surface area contributed by atoms with Gasteiger partial charge in [-0.1, -0.05) is 23.2 Å².